The minimum atomic E-state index is -3.78. The number of benzene rings is 2. The van der Waals surface area contributed by atoms with Crippen LogP contribution in [0.5, 0.6) is 5.75 Å². The van der Waals surface area contributed by atoms with Crippen LogP contribution in [0.2, 0.25) is 0 Å². The van der Waals surface area contributed by atoms with Crippen LogP contribution in [0, 0.1) is 12.3 Å². The molecule has 2 amide bonds. The zero-order chi connectivity index (χ0) is 23.2. The maximum absolute atomic E-state index is 12.5. The van der Waals surface area contributed by atoms with Gasteiger partial charge in [-0.05, 0) is 48.9 Å². The van der Waals surface area contributed by atoms with E-state index in [1.54, 1.807) is 43.3 Å². The first-order valence-electron chi connectivity index (χ1n) is 9.78. The highest BCUT2D eigenvalue weighted by molar-refractivity contribution is 7.89. The maximum Gasteiger partial charge on any atom is 0.251 e. The third kappa shape index (κ3) is 6.80. The Hall–Kier alpha value is -2.91. The van der Waals surface area contributed by atoms with Gasteiger partial charge in [0.05, 0.1) is 7.11 Å². The van der Waals surface area contributed by atoms with E-state index in [0.29, 0.717) is 11.3 Å². The number of carbonyl (C=O) groups excluding carboxylic acids is 2. The van der Waals surface area contributed by atoms with Crippen LogP contribution in [0.1, 0.15) is 36.7 Å². The number of hydrogen-bond acceptors (Lipinski definition) is 5. The number of nitrogens with one attached hydrogen (secondary N) is 3. The molecule has 0 saturated heterocycles. The van der Waals surface area contributed by atoms with Crippen molar-refractivity contribution in [3.8, 4) is 5.75 Å². The lowest BCUT2D eigenvalue weighted by Crippen LogP contribution is -2.34. The number of rotatable bonds is 8. The molecule has 0 aliphatic rings. The van der Waals surface area contributed by atoms with E-state index in [2.05, 4.69) is 15.4 Å². The van der Waals surface area contributed by atoms with Crippen molar-refractivity contribution < 1.29 is 22.7 Å². The average Bonchev–Trinajstić information content (AvgIpc) is 2.71. The summed E-state index contributed by atoms with van der Waals surface area (Å²) in [6, 6.07) is 11.4. The number of amides is 2. The van der Waals surface area contributed by atoms with Gasteiger partial charge in [-0.1, -0.05) is 26.8 Å². The molecule has 0 spiro atoms. The largest absolute Gasteiger partial charge is 0.495 e. The molecule has 168 valence electrons. The molecule has 0 saturated carbocycles. The molecule has 0 fully saturated rings. The quantitative estimate of drug-likeness (QED) is 0.539. The molecule has 0 atom stereocenters. The Balaban J connectivity index is 1.89. The van der Waals surface area contributed by atoms with Crippen LogP contribution in [-0.4, -0.2) is 40.4 Å². The van der Waals surface area contributed by atoms with Gasteiger partial charge in [-0.25, -0.2) is 13.1 Å². The Morgan fingerprint density at radius 1 is 1.00 bits per heavy atom. The summed E-state index contributed by atoms with van der Waals surface area (Å²) in [5, 5.41) is 5.45. The van der Waals surface area contributed by atoms with Crippen molar-refractivity contribution in [1.82, 2.24) is 10.0 Å². The first-order chi connectivity index (χ1) is 14.4. The summed E-state index contributed by atoms with van der Waals surface area (Å²) in [6.45, 7) is 7.35. The average molecular weight is 448 g/mol. The molecule has 0 radical (unpaired) electrons. The van der Waals surface area contributed by atoms with Crippen LogP contribution in [-0.2, 0) is 14.8 Å². The van der Waals surface area contributed by atoms with Gasteiger partial charge >= 0.3 is 0 Å². The predicted octanol–water partition coefficient (Wildman–Crippen LogP) is 2.70. The molecule has 2 aromatic rings. The van der Waals surface area contributed by atoms with Crippen LogP contribution in [0.15, 0.2) is 47.4 Å². The van der Waals surface area contributed by atoms with Gasteiger partial charge in [0.2, 0.25) is 15.9 Å². The zero-order valence-electron chi connectivity index (χ0n) is 18.4. The van der Waals surface area contributed by atoms with E-state index >= 15 is 0 Å². The Morgan fingerprint density at radius 2 is 1.65 bits per heavy atom. The molecule has 2 rings (SSSR count). The van der Waals surface area contributed by atoms with Crippen LogP contribution in [0.3, 0.4) is 0 Å². The number of sulfonamides is 1. The van der Waals surface area contributed by atoms with E-state index in [9.17, 15) is 18.0 Å². The van der Waals surface area contributed by atoms with Crippen molar-refractivity contribution in [2.24, 2.45) is 5.41 Å². The minimum Gasteiger partial charge on any atom is -0.495 e. The van der Waals surface area contributed by atoms with Crippen molar-refractivity contribution in [3.05, 3.63) is 53.6 Å². The number of anilines is 1. The lowest BCUT2D eigenvalue weighted by Gasteiger charge is -2.17. The molecule has 0 aliphatic carbocycles. The first kappa shape index (κ1) is 24.4. The van der Waals surface area contributed by atoms with Crippen LogP contribution < -0.4 is 20.1 Å². The summed E-state index contributed by atoms with van der Waals surface area (Å²) in [5.74, 6) is -0.218. The van der Waals surface area contributed by atoms with E-state index in [-0.39, 0.29) is 35.5 Å². The number of methoxy groups -OCH3 is 1. The normalized spacial score (nSPS) is 11.6. The third-order valence-electron chi connectivity index (χ3n) is 4.40. The van der Waals surface area contributed by atoms with Gasteiger partial charge < -0.3 is 15.4 Å². The molecule has 9 heteroatoms. The van der Waals surface area contributed by atoms with Crippen LogP contribution in [0.25, 0.3) is 0 Å². The molecular formula is C22H29N3O5S. The summed E-state index contributed by atoms with van der Waals surface area (Å²) in [7, 11) is -2.38. The highest BCUT2D eigenvalue weighted by Gasteiger charge is 2.21. The fourth-order valence-electron chi connectivity index (χ4n) is 2.56. The maximum atomic E-state index is 12.5. The van der Waals surface area contributed by atoms with Gasteiger partial charge in [0.25, 0.3) is 5.91 Å². The molecule has 0 aromatic heterocycles. The lowest BCUT2D eigenvalue weighted by molar-refractivity contribution is -0.123. The second-order valence-electron chi connectivity index (χ2n) is 8.09. The Labute approximate surface area is 183 Å². The van der Waals surface area contributed by atoms with E-state index in [0.717, 1.165) is 5.56 Å². The highest BCUT2D eigenvalue weighted by atomic mass is 32.2. The number of aryl methyl sites for hydroxylation is 1. The fourth-order valence-corrected chi connectivity index (χ4v) is 3.84. The Kier molecular flexibility index (Phi) is 7.80. The SMILES string of the molecule is COc1ccc(C)cc1S(=O)(=O)NCCNC(=O)c1ccc(NC(=O)C(C)(C)C)cc1. The van der Waals surface area contributed by atoms with Crippen LogP contribution in [0.4, 0.5) is 5.69 Å². The summed E-state index contributed by atoms with van der Waals surface area (Å²) in [6.07, 6.45) is 0. The molecule has 2 aromatic carbocycles. The summed E-state index contributed by atoms with van der Waals surface area (Å²) < 4.78 is 32.7. The van der Waals surface area contributed by atoms with Crippen molar-refractivity contribution in [2.75, 3.05) is 25.5 Å². The van der Waals surface area contributed by atoms with Gasteiger partial charge in [0.1, 0.15) is 10.6 Å². The van der Waals surface area contributed by atoms with Crippen molar-refractivity contribution >= 4 is 27.5 Å². The summed E-state index contributed by atoms with van der Waals surface area (Å²) >= 11 is 0. The predicted molar refractivity (Wildman–Crippen MR) is 120 cm³/mol. The zero-order valence-corrected chi connectivity index (χ0v) is 19.2. The molecular weight excluding hydrogens is 418 g/mol. The second-order valence-corrected chi connectivity index (χ2v) is 9.82. The fraction of sp³-hybridized carbons (Fsp3) is 0.364. The van der Waals surface area contributed by atoms with Crippen molar-refractivity contribution in [1.29, 1.82) is 0 Å². The lowest BCUT2D eigenvalue weighted by atomic mass is 9.95. The van der Waals surface area contributed by atoms with Gasteiger partial charge in [-0.2, -0.15) is 0 Å². The van der Waals surface area contributed by atoms with Crippen molar-refractivity contribution in [2.45, 2.75) is 32.6 Å². The van der Waals surface area contributed by atoms with E-state index in [4.69, 9.17) is 4.74 Å². The van der Waals surface area contributed by atoms with E-state index in [1.807, 2.05) is 20.8 Å². The monoisotopic (exact) mass is 447 g/mol. The third-order valence-corrected chi connectivity index (χ3v) is 5.88. The highest BCUT2D eigenvalue weighted by Crippen LogP contribution is 2.24. The van der Waals surface area contributed by atoms with Gasteiger partial charge in [0.15, 0.2) is 0 Å². The molecule has 0 heterocycles. The van der Waals surface area contributed by atoms with Crippen molar-refractivity contribution in [3.63, 3.8) is 0 Å². The van der Waals surface area contributed by atoms with Gasteiger partial charge in [-0.3, -0.25) is 9.59 Å². The standard InChI is InChI=1S/C22H29N3O5S/c1-15-6-11-18(30-5)19(14-15)31(28,29)24-13-12-23-20(26)16-7-9-17(10-8-16)25-21(27)22(2,3)4/h6-11,14,24H,12-13H2,1-5H3,(H,23,26)(H,25,27). The summed E-state index contributed by atoms with van der Waals surface area (Å²) in [4.78, 5) is 24.3. The van der Waals surface area contributed by atoms with Crippen LogP contribution >= 0.6 is 0 Å². The topological polar surface area (TPSA) is 114 Å². The van der Waals surface area contributed by atoms with E-state index in [1.165, 1.54) is 13.2 Å². The second kappa shape index (κ2) is 9.93. The molecule has 8 nitrogen and oxygen atoms in total. The van der Waals surface area contributed by atoms with E-state index < -0.39 is 15.4 Å². The van der Waals surface area contributed by atoms with Gasteiger partial charge in [-0.15, -0.1) is 0 Å². The Bertz CT molecular complexity index is 1040. The number of carbonyl (C=O) groups is 2. The first-order valence-corrected chi connectivity index (χ1v) is 11.3. The summed E-state index contributed by atoms with van der Waals surface area (Å²) in [5.41, 5.74) is 1.26. The van der Waals surface area contributed by atoms with Gasteiger partial charge in [0, 0.05) is 29.8 Å². The molecule has 3 N–H and O–H groups in total. The number of hydrogen-bond donors (Lipinski definition) is 3. The minimum absolute atomic E-state index is 0.0187. The molecule has 0 bridgehead atoms. The number of ether oxygens (including phenoxy) is 1. The smallest absolute Gasteiger partial charge is 0.251 e. The molecule has 31 heavy (non-hydrogen) atoms. The Morgan fingerprint density at radius 3 is 2.23 bits per heavy atom. The molecule has 0 unspecified atom stereocenters. The molecule has 0 aliphatic heterocycles.